The number of piperidine rings is 1. The summed E-state index contributed by atoms with van der Waals surface area (Å²) < 4.78 is 21.0. The topological polar surface area (TPSA) is 79.7 Å². The number of amides is 3. The van der Waals surface area contributed by atoms with Gasteiger partial charge >= 0.3 is 6.03 Å². The van der Waals surface area contributed by atoms with Gasteiger partial charge in [-0.1, -0.05) is 12.1 Å². The van der Waals surface area contributed by atoms with E-state index in [0.717, 1.165) is 44.7 Å². The number of nitrogens with one attached hydrogen (secondary N) is 1. The van der Waals surface area contributed by atoms with Gasteiger partial charge in [-0.05, 0) is 63.4 Å². The average molecular weight is 472 g/mol. The van der Waals surface area contributed by atoms with Crippen molar-refractivity contribution in [3.8, 4) is 0 Å². The number of hydrogen-bond donors (Lipinski definition) is 1. The molecule has 2 aliphatic heterocycles. The van der Waals surface area contributed by atoms with E-state index < -0.39 is 11.6 Å². The fraction of sp³-hybridized carbons (Fsp3) is 0.560. The van der Waals surface area contributed by atoms with Gasteiger partial charge in [0.05, 0.1) is 18.8 Å². The van der Waals surface area contributed by atoms with Crippen LogP contribution in [0.4, 0.5) is 9.18 Å². The Bertz CT molecular complexity index is 1030. The molecule has 1 N–H and O–H groups in total. The van der Waals surface area contributed by atoms with Crippen molar-refractivity contribution < 1.29 is 18.7 Å². The van der Waals surface area contributed by atoms with Crippen LogP contribution >= 0.6 is 0 Å². The molecule has 1 aromatic carbocycles. The Labute approximate surface area is 200 Å². The molecule has 1 aromatic heterocycles. The van der Waals surface area contributed by atoms with Crippen LogP contribution in [0.2, 0.25) is 0 Å². The Morgan fingerprint density at radius 3 is 2.68 bits per heavy atom. The molecule has 3 amide bonds. The first-order chi connectivity index (χ1) is 16.4. The molecule has 9 heteroatoms. The fourth-order valence-electron chi connectivity index (χ4n) is 5.24. The molecule has 2 aromatic rings. The summed E-state index contributed by atoms with van der Waals surface area (Å²) in [6, 6.07) is 5.89. The molecule has 1 atom stereocenters. The Kier molecular flexibility index (Phi) is 7.33. The second-order valence-corrected chi connectivity index (χ2v) is 9.30. The van der Waals surface area contributed by atoms with Crippen molar-refractivity contribution in [3.05, 3.63) is 53.1 Å². The number of aryl methyl sites for hydroxylation is 2. The SMILES string of the molecule is CCn1cc(CN2CCC([C@]3(Cc4cccc(F)c4)NC(=O)N(CCOC)C3=O)CC2)c(C)n1. The van der Waals surface area contributed by atoms with Gasteiger partial charge in [-0.25, -0.2) is 9.18 Å². The van der Waals surface area contributed by atoms with Crippen LogP contribution in [-0.2, 0) is 29.0 Å². The Morgan fingerprint density at radius 1 is 1.26 bits per heavy atom. The lowest BCUT2D eigenvalue weighted by atomic mass is 9.74. The van der Waals surface area contributed by atoms with E-state index in [9.17, 15) is 14.0 Å². The molecule has 3 heterocycles. The highest BCUT2D eigenvalue weighted by atomic mass is 19.1. The van der Waals surface area contributed by atoms with Gasteiger partial charge in [-0.15, -0.1) is 0 Å². The second kappa shape index (κ2) is 10.2. The summed E-state index contributed by atoms with van der Waals surface area (Å²) >= 11 is 0. The summed E-state index contributed by atoms with van der Waals surface area (Å²) in [5.74, 6) is -0.633. The highest BCUT2D eigenvalue weighted by Crippen LogP contribution is 2.37. The van der Waals surface area contributed by atoms with Crippen molar-refractivity contribution in [1.29, 1.82) is 0 Å². The molecule has 34 heavy (non-hydrogen) atoms. The maximum absolute atomic E-state index is 13.9. The molecule has 0 saturated carbocycles. The van der Waals surface area contributed by atoms with Gasteiger partial charge in [0.15, 0.2) is 0 Å². The molecular formula is C25H34FN5O3. The molecule has 2 aliphatic rings. The number of urea groups is 1. The summed E-state index contributed by atoms with van der Waals surface area (Å²) in [6.07, 6.45) is 3.90. The normalized spacial score (nSPS) is 21.9. The lowest BCUT2D eigenvalue weighted by Gasteiger charge is -2.41. The number of aromatic nitrogens is 2. The minimum Gasteiger partial charge on any atom is -0.383 e. The first kappa shape index (κ1) is 24.3. The van der Waals surface area contributed by atoms with Crippen LogP contribution in [0.25, 0.3) is 0 Å². The summed E-state index contributed by atoms with van der Waals surface area (Å²) in [7, 11) is 1.54. The molecule has 4 rings (SSSR count). The molecule has 184 valence electrons. The second-order valence-electron chi connectivity index (χ2n) is 9.30. The number of hydrogen-bond acceptors (Lipinski definition) is 5. The van der Waals surface area contributed by atoms with Crippen molar-refractivity contribution in [2.45, 2.75) is 51.7 Å². The quantitative estimate of drug-likeness (QED) is 0.569. The highest BCUT2D eigenvalue weighted by molar-refractivity contribution is 6.07. The predicted octanol–water partition coefficient (Wildman–Crippen LogP) is 2.74. The Hall–Kier alpha value is -2.78. The lowest BCUT2D eigenvalue weighted by Crippen LogP contribution is -2.57. The largest absolute Gasteiger partial charge is 0.383 e. The standard InChI is InChI=1S/C25H34FN5O3/c1-4-30-17-20(18(2)28-30)16-29-10-8-21(9-11-29)25(15-19-6-5-7-22(26)14-19)23(32)31(12-13-34-3)24(33)27-25/h5-7,14,17,21H,4,8-13,15-16H2,1-3H3,(H,27,33)/t25-/m0/s1. The molecule has 2 saturated heterocycles. The third-order valence-corrected chi connectivity index (χ3v) is 7.14. The van der Waals surface area contributed by atoms with E-state index in [4.69, 9.17) is 4.74 Å². The number of ether oxygens (including phenoxy) is 1. The molecule has 8 nitrogen and oxygen atoms in total. The molecular weight excluding hydrogens is 437 g/mol. The first-order valence-electron chi connectivity index (χ1n) is 12.0. The molecule has 0 unspecified atom stereocenters. The van der Waals surface area contributed by atoms with E-state index in [2.05, 4.69) is 28.4 Å². The number of methoxy groups -OCH3 is 1. The highest BCUT2D eigenvalue weighted by Gasteiger charge is 2.55. The van der Waals surface area contributed by atoms with Gasteiger partial charge in [0.2, 0.25) is 0 Å². The minimum absolute atomic E-state index is 0.0459. The van der Waals surface area contributed by atoms with Crippen molar-refractivity contribution in [3.63, 3.8) is 0 Å². The van der Waals surface area contributed by atoms with Crippen molar-refractivity contribution >= 4 is 11.9 Å². The summed E-state index contributed by atoms with van der Waals surface area (Å²) in [4.78, 5) is 30.1. The Balaban J connectivity index is 1.52. The third-order valence-electron chi connectivity index (χ3n) is 7.14. The maximum atomic E-state index is 13.9. The van der Waals surface area contributed by atoms with Crippen molar-refractivity contribution in [2.75, 3.05) is 33.4 Å². The van der Waals surface area contributed by atoms with Crippen molar-refractivity contribution in [1.82, 2.24) is 24.9 Å². The number of carbonyl (C=O) groups is 2. The molecule has 0 spiro atoms. The zero-order valence-electron chi connectivity index (χ0n) is 20.2. The number of likely N-dealkylation sites (tertiary alicyclic amines) is 1. The van der Waals surface area contributed by atoms with Gasteiger partial charge in [0.1, 0.15) is 11.4 Å². The minimum atomic E-state index is -1.08. The molecule has 0 bridgehead atoms. The van der Waals surface area contributed by atoms with Crippen LogP contribution in [0.15, 0.2) is 30.5 Å². The first-order valence-corrected chi connectivity index (χ1v) is 12.0. The number of halogens is 1. The van der Waals surface area contributed by atoms with E-state index in [-0.39, 0.29) is 37.2 Å². The number of benzene rings is 1. The van der Waals surface area contributed by atoms with Crippen LogP contribution in [0.3, 0.4) is 0 Å². The molecule has 2 fully saturated rings. The smallest absolute Gasteiger partial charge is 0.325 e. The molecule has 0 radical (unpaired) electrons. The predicted molar refractivity (Wildman–Crippen MR) is 126 cm³/mol. The zero-order chi connectivity index (χ0) is 24.3. The van der Waals surface area contributed by atoms with Gasteiger partial charge in [-0.3, -0.25) is 19.3 Å². The number of nitrogens with zero attached hydrogens (tertiary/aromatic N) is 4. The number of carbonyl (C=O) groups excluding carboxylic acids is 2. The van der Waals surface area contributed by atoms with E-state index in [1.54, 1.807) is 13.2 Å². The van der Waals surface area contributed by atoms with Crippen LogP contribution in [0.1, 0.15) is 36.6 Å². The average Bonchev–Trinajstić information content (AvgIpc) is 3.29. The lowest BCUT2D eigenvalue weighted by molar-refractivity contribution is -0.134. The van der Waals surface area contributed by atoms with Crippen LogP contribution < -0.4 is 5.32 Å². The summed E-state index contributed by atoms with van der Waals surface area (Å²) in [6.45, 7) is 7.86. The summed E-state index contributed by atoms with van der Waals surface area (Å²) in [5.41, 5.74) is 1.88. The van der Waals surface area contributed by atoms with Gasteiger partial charge in [0.25, 0.3) is 5.91 Å². The maximum Gasteiger partial charge on any atom is 0.325 e. The van der Waals surface area contributed by atoms with E-state index in [0.29, 0.717) is 5.56 Å². The van der Waals surface area contributed by atoms with E-state index in [1.165, 1.54) is 22.6 Å². The van der Waals surface area contributed by atoms with E-state index >= 15 is 0 Å². The third kappa shape index (κ3) is 4.86. The van der Waals surface area contributed by atoms with Crippen molar-refractivity contribution in [2.24, 2.45) is 5.92 Å². The molecule has 0 aliphatic carbocycles. The van der Waals surface area contributed by atoms with Crippen LogP contribution in [0, 0.1) is 18.7 Å². The summed E-state index contributed by atoms with van der Waals surface area (Å²) in [5, 5.41) is 7.57. The number of rotatable bonds is 9. The van der Waals surface area contributed by atoms with Crippen LogP contribution in [0.5, 0.6) is 0 Å². The zero-order valence-corrected chi connectivity index (χ0v) is 20.2. The fourth-order valence-corrected chi connectivity index (χ4v) is 5.24. The van der Waals surface area contributed by atoms with E-state index in [1.807, 2.05) is 17.7 Å². The van der Waals surface area contributed by atoms with Gasteiger partial charge in [0, 0.05) is 38.4 Å². The van der Waals surface area contributed by atoms with Gasteiger partial charge in [-0.2, -0.15) is 5.10 Å². The van der Waals surface area contributed by atoms with Gasteiger partial charge < -0.3 is 10.1 Å². The van der Waals surface area contributed by atoms with Crippen LogP contribution in [-0.4, -0.2) is 70.4 Å². The number of imide groups is 1. The Morgan fingerprint density at radius 2 is 2.03 bits per heavy atom. The monoisotopic (exact) mass is 471 g/mol.